The van der Waals surface area contributed by atoms with Gasteiger partial charge in [-0.15, -0.1) is 0 Å². The lowest BCUT2D eigenvalue weighted by Crippen LogP contribution is -2.31. The number of aromatic nitrogens is 1. The number of halogens is 3. The van der Waals surface area contributed by atoms with E-state index in [2.05, 4.69) is 4.98 Å². The van der Waals surface area contributed by atoms with Gasteiger partial charge >= 0.3 is 6.18 Å². The summed E-state index contributed by atoms with van der Waals surface area (Å²) in [7, 11) is 1.31. The van der Waals surface area contributed by atoms with E-state index in [9.17, 15) is 18.3 Å². The molecule has 0 aliphatic carbocycles. The van der Waals surface area contributed by atoms with Crippen LogP contribution in [0.4, 0.5) is 19.0 Å². The molecule has 1 aromatic rings. The second kappa shape index (κ2) is 4.69. The topological polar surface area (TPSA) is 36.4 Å². The van der Waals surface area contributed by atoms with Crippen LogP contribution in [0.25, 0.3) is 0 Å². The molecular weight excluding hydrogens is 221 g/mol. The van der Waals surface area contributed by atoms with Crippen molar-refractivity contribution in [2.75, 3.05) is 18.5 Å². The zero-order valence-electron chi connectivity index (χ0n) is 8.99. The molecule has 0 amide bonds. The molecule has 0 aliphatic heterocycles. The van der Waals surface area contributed by atoms with Crippen LogP contribution in [-0.4, -0.2) is 29.9 Å². The molecule has 1 N–H and O–H groups in total. The van der Waals surface area contributed by atoms with Gasteiger partial charge in [0, 0.05) is 13.2 Å². The minimum atomic E-state index is -4.27. The molecule has 1 aromatic heterocycles. The van der Waals surface area contributed by atoms with Gasteiger partial charge in [0.25, 0.3) is 0 Å². The first kappa shape index (κ1) is 12.8. The molecule has 0 spiro atoms. The number of aliphatic hydroxyl groups excluding tert-OH is 1. The fourth-order valence-electron chi connectivity index (χ4n) is 1.25. The highest BCUT2D eigenvalue weighted by atomic mass is 19.4. The van der Waals surface area contributed by atoms with Crippen LogP contribution in [-0.2, 0) is 0 Å². The summed E-state index contributed by atoms with van der Waals surface area (Å²) in [5, 5.41) is 9.29. The van der Waals surface area contributed by atoms with E-state index < -0.39 is 18.8 Å². The Morgan fingerprint density at radius 1 is 1.50 bits per heavy atom. The van der Waals surface area contributed by atoms with Crippen molar-refractivity contribution in [1.29, 1.82) is 0 Å². The highest BCUT2D eigenvalue weighted by Crippen LogP contribution is 2.21. The Morgan fingerprint density at radius 2 is 2.12 bits per heavy atom. The second-order valence-electron chi connectivity index (χ2n) is 3.59. The maximum absolute atomic E-state index is 12.1. The average Bonchev–Trinajstić information content (AvgIpc) is 2.15. The summed E-state index contributed by atoms with van der Waals surface area (Å²) in [6, 6.07) is 3.01. The van der Waals surface area contributed by atoms with Crippen molar-refractivity contribution in [3.63, 3.8) is 0 Å². The third-order valence-electron chi connectivity index (χ3n) is 2.06. The number of alkyl halides is 3. The van der Waals surface area contributed by atoms with Crippen molar-refractivity contribution in [1.82, 2.24) is 4.98 Å². The minimum absolute atomic E-state index is 0.190. The summed E-state index contributed by atoms with van der Waals surface area (Å²) < 4.78 is 36.4. The Bertz CT molecular complexity index is 352. The van der Waals surface area contributed by atoms with Crippen LogP contribution < -0.4 is 4.90 Å². The van der Waals surface area contributed by atoms with E-state index in [1.54, 1.807) is 13.0 Å². The summed E-state index contributed by atoms with van der Waals surface area (Å²) >= 11 is 0. The molecule has 1 heterocycles. The molecule has 6 heteroatoms. The molecule has 0 bridgehead atoms. The van der Waals surface area contributed by atoms with Crippen LogP contribution in [0.1, 0.15) is 18.6 Å². The molecule has 3 nitrogen and oxygen atoms in total. The first-order valence-corrected chi connectivity index (χ1v) is 4.71. The van der Waals surface area contributed by atoms with E-state index in [-0.39, 0.29) is 5.82 Å². The average molecular weight is 234 g/mol. The van der Waals surface area contributed by atoms with Gasteiger partial charge in [-0.2, -0.15) is 13.2 Å². The van der Waals surface area contributed by atoms with Crippen LogP contribution in [0.15, 0.2) is 18.3 Å². The number of pyridine rings is 1. The predicted octanol–water partition coefficient (Wildman–Crippen LogP) is 2.13. The van der Waals surface area contributed by atoms with Crippen LogP contribution in [0, 0.1) is 0 Å². The van der Waals surface area contributed by atoms with Crippen molar-refractivity contribution in [2.45, 2.75) is 19.2 Å². The molecule has 90 valence electrons. The Labute approximate surface area is 91.5 Å². The monoisotopic (exact) mass is 234 g/mol. The lowest BCUT2D eigenvalue weighted by atomic mass is 10.2. The smallest absolute Gasteiger partial charge is 0.389 e. The van der Waals surface area contributed by atoms with Gasteiger partial charge in [0.15, 0.2) is 0 Å². The van der Waals surface area contributed by atoms with Crippen LogP contribution in [0.5, 0.6) is 0 Å². The van der Waals surface area contributed by atoms with E-state index in [0.717, 1.165) is 4.90 Å². The summed E-state index contributed by atoms with van der Waals surface area (Å²) in [6.07, 6.45) is -3.61. The predicted molar refractivity (Wildman–Crippen MR) is 54.2 cm³/mol. The number of hydrogen-bond acceptors (Lipinski definition) is 3. The standard InChI is InChI=1S/C10H13F3N2O/c1-7(16)8-3-4-14-9(5-8)15(2)6-10(11,12)13/h3-5,7,16H,6H2,1-2H3/t7-/m0/s1. The van der Waals surface area contributed by atoms with Gasteiger partial charge in [-0.25, -0.2) is 4.98 Å². The van der Waals surface area contributed by atoms with E-state index in [4.69, 9.17) is 0 Å². The third-order valence-corrected chi connectivity index (χ3v) is 2.06. The molecular formula is C10H13F3N2O. The quantitative estimate of drug-likeness (QED) is 0.870. The third kappa shape index (κ3) is 3.69. The summed E-state index contributed by atoms with van der Waals surface area (Å²) in [4.78, 5) is 4.81. The van der Waals surface area contributed by atoms with Gasteiger partial charge in [0.2, 0.25) is 0 Å². The van der Waals surface area contributed by atoms with Gasteiger partial charge in [-0.3, -0.25) is 0 Å². The molecule has 1 atom stereocenters. The van der Waals surface area contributed by atoms with Crippen LogP contribution in [0.2, 0.25) is 0 Å². The van der Waals surface area contributed by atoms with E-state index in [1.807, 2.05) is 0 Å². The minimum Gasteiger partial charge on any atom is -0.389 e. The Hall–Kier alpha value is -1.30. The number of hydrogen-bond donors (Lipinski definition) is 1. The Balaban J connectivity index is 2.83. The van der Waals surface area contributed by atoms with E-state index in [0.29, 0.717) is 5.56 Å². The fraction of sp³-hybridized carbons (Fsp3) is 0.500. The highest BCUT2D eigenvalue weighted by molar-refractivity contribution is 5.40. The molecule has 0 saturated carbocycles. The number of aliphatic hydroxyl groups is 1. The molecule has 0 aromatic carbocycles. The fourth-order valence-corrected chi connectivity index (χ4v) is 1.25. The van der Waals surface area contributed by atoms with Gasteiger partial charge in [-0.1, -0.05) is 0 Å². The van der Waals surface area contributed by atoms with E-state index in [1.165, 1.54) is 19.3 Å². The summed E-state index contributed by atoms with van der Waals surface area (Å²) in [5.41, 5.74) is 0.541. The van der Waals surface area contributed by atoms with Crippen molar-refractivity contribution in [3.05, 3.63) is 23.9 Å². The zero-order valence-corrected chi connectivity index (χ0v) is 8.99. The van der Waals surface area contributed by atoms with E-state index >= 15 is 0 Å². The number of nitrogens with zero attached hydrogens (tertiary/aromatic N) is 2. The lowest BCUT2D eigenvalue weighted by molar-refractivity contribution is -0.119. The molecule has 0 unspecified atom stereocenters. The van der Waals surface area contributed by atoms with Gasteiger partial charge in [0.05, 0.1) is 6.10 Å². The largest absolute Gasteiger partial charge is 0.405 e. The molecule has 0 saturated heterocycles. The molecule has 0 fully saturated rings. The SMILES string of the molecule is C[C@H](O)c1ccnc(N(C)CC(F)(F)F)c1. The summed E-state index contributed by atoms with van der Waals surface area (Å²) in [5.74, 6) is 0.190. The molecule has 0 aliphatic rings. The maximum atomic E-state index is 12.1. The Morgan fingerprint density at radius 3 is 2.62 bits per heavy atom. The Kier molecular flexibility index (Phi) is 3.74. The number of anilines is 1. The number of rotatable bonds is 3. The van der Waals surface area contributed by atoms with Crippen molar-refractivity contribution in [2.24, 2.45) is 0 Å². The van der Waals surface area contributed by atoms with Crippen molar-refractivity contribution in [3.8, 4) is 0 Å². The van der Waals surface area contributed by atoms with Crippen LogP contribution in [0.3, 0.4) is 0 Å². The van der Waals surface area contributed by atoms with Crippen molar-refractivity contribution >= 4 is 5.82 Å². The van der Waals surface area contributed by atoms with Gasteiger partial charge in [0.1, 0.15) is 12.4 Å². The second-order valence-corrected chi connectivity index (χ2v) is 3.59. The van der Waals surface area contributed by atoms with Gasteiger partial charge < -0.3 is 10.0 Å². The zero-order chi connectivity index (χ0) is 12.3. The van der Waals surface area contributed by atoms with Gasteiger partial charge in [-0.05, 0) is 24.6 Å². The lowest BCUT2D eigenvalue weighted by Gasteiger charge is -2.20. The molecule has 16 heavy (non-hydrogen) atoms. The van der Waals surface area contributed by atoms with Crippen LogP contribution >= 0.6 is 0 Å². The molecule has 0 radical (unpaired) electrons. The first-order valence-electron chi connectivity index (χ1n) is 4.71. The normalized spacial score (nSPS) is 13.6. The highest BCUT2D eigenvalue weighted by Gasteiger charge is 2.29. The maximum Gasteiger partial charge on any atom is 0.405 e. The first-order chi connectivity index (χ1) is 7.29. The van der Waals surface area contributed by atoms with Crippen molar-refractivity contribution < 1.29 is 18.3 Å². The summed E-state index contributed by atoms with van der Waals surface area (Å²) in [6.45, 7) is 0.478. The molecule has 1 rings (SSSR count).